The predicted molar refractivity (Wildman–Crippen MR) is 217 cm³/mol. The van der Waals surface area contributed by atoms with Gasteiger partial charge < -0.3 is 4.90 Å². The summed E-state index contributed by atoms with van der Waals surface area (Å²) in [6, 6.07) is 66.7. The number of benzene rings is 8. The Labute approximate surface area is 301 Å². The zero-order valence-corrected chi connectivity index (χ0v) is 29.3. The molecule has 244 valence electrons. The van der Waals surface area contributed by atoms with Gasteiger partial charge >= 0.3 is 0 Å². The van der Waals surface area contributed by atoms with Crippen LogP contribution in [0.5, 0.6) is 0 Å². The molecule has 8 aromatic rings. The van der Waals surface area contributed by atoms with Crippen molar-refractivity contribution < 1.29 is 0 Å². The van der Waals surface area contributed by atoms with Crippen LogP contribution in [-0.2, 0) is 5.41 Å². The lowest BCUT2D eigenvalue weighted by atomic mass is 9.82. The minimum absolute atomic E-state index is 0.116. The predicted octanol–water partition coefficient (Wildman–Crippen LogP) is 13.9. The second-order valence-corrected chi connectivity index (χ2v) is 14.2. The first-order valence-electron chi connectivity index (χ1n) is 17.9. The number of aryl methyl sites for hydroxylation is 1. The van der Waals surface area contributed by atoms with E-state index in [1.54, 1.807) is 0 Å². The first kappa shape index (κ1) is 30.8. The van der Waals surface area contributed by atoms with E-state index in [0.717, 1.165) is 11.4 Å². The van der Waals surface area contributed by atoms with Gasteiger partial charge in [0.15, 0.2) is 0 Å². The van der Waals surface area contributed by atoms with E-state index in [-0.39, 0.29) is 5.41 Å². The highest BCUT2D eigenvalue weighted by Crippen LogP contribution is 2.52. The summed E-state index contributed by atoms with van der Waals surface area (Å²) in [7, 11) is 0. The quantitative estimate of drug-likeness (QED) is 0.173. The van der Waals surface area contributed by atoms with Crippen LogP contribution >= 0.6 is 0 Å². The zero-order chi connectivity index (χ0) is 34.5. The molecule has 0 radical (unpaired) electrons. The SMILES string of the molecule is Cc1cc(-c2ccccc2)cc(-c2cccc3ccccc23)c1N(c1ccc(-c2ccccc2)cc1)c1ccc2c(c1)C(C)(C)c1ccccc1-2. The molecule has 0 unspecified atom stereocenters. The van der Waals surface area contributed by atoms with Crippen LogP contribution in [0.2, 0.25) is 0 Å². The average molecular weight is 654 g/mol. The molecule has 0 aromatic heterocycles. The molecule has 0 spiro atoms. The van der Waals surface area contributed by atoms with Crippen molar-refractivity contribution in [3.05, 3.63) is 199 Å². The summed E-state index contributed by atoms with van der Waals surface area (Å²) in [6.45, 7) is 7.00. The Kier molecular flexibility index (Phi) is 7.44. The molecule has 0 heterocycles. The molecular formula is C50H39N. The van der Waals surface area contributed by atoms with Gasteiger partial charge in [0, 0.05) is 22.4 Å². The molecule has 8 aromatic carbocycles. The van der Waals surface area contributed by atoms with Gasteiger partial charge in [0.2, 0.25) is 0 Å². The van der Waals surface area contributed by atoms with Crippen molar-refractivity contribution in [2.45, 2.75) is 26.2 Å². The van der Waals surface area contributed by atoms with Gasteiger partial charge in [-0.25, -0.2) is 0 Å². The first-order chi connectivity index (χ1) is 25.0. The fraction of sp³-hybridized carbons (Fsp3) is 0.0800. The van der Waals surface area contributed by atoms with Crippen LogP contribution in [0.1, 0.15) is 30.5 Å². The van der Waals surface area contributed by atoms with Gasteiger partial charge in [0.25, 0.3) is 0 Å². The van der Waals surface area contributed by atoms with Gasteiger partial charge in [-0.15, -0.1) is 0 Å². The molecule has 0 aliphatic heterocycles. The number of anilines is 3. The number of hydrogen-bond acceptors (Lipinski definition) is 1. The van der Waals surface area contributed by atoms with Crippen molar-refractivity contribution in [2.75, 3.05) is 4.90 Å². The van der Waals surface area contributed by atoms with E-state index >= 15 is 0 Å². The Hall–Kier alpha value is -6.18. The molecule has 0 saturated carbocycles. The highest BCUT2D eigenvalue weighted by atomic mass is 15.1. The maximum absolute atomic E-state index is 2.50. The molecule has 0 fully saturated rings. The third-order valence-corrected chi connectivity index (χ3v) is 10.8. The Bertz CT molecular complexity index is 2540. The molecule has 0 bridgehead atoms. The lowest BCUT2D eigenvalue weighted by Gasteiger charge is -2.32. The third-order valence-electron chi connectivity index (χ3n) is 10.8. The zero-order valence-electron chi connectivity index (χ0n) is 29.3. The highest BCUT2D eigenvalue weighted by Gasteiger charge is 2.36. The Morgan fingerprint density at radius 3 is 1.73 bits per heavy atom. The smallest absolute Gasteiger partial charge is 0.0569 e. The minimum Gasteiger partial charge on any atom is -0.310 e. The maximum Gasteiger partial charge on any atom is 0.0569 e. The summed E-state index contributed by atoms with van der Waals surface area (Å²) in [5.41, 5.74) is 17.2. The van der Waals surface area contributed by atoms with Gasteiger partial charge in [0.1, 0.15) is 0 Å². The van der Waals surface area contributed by atoms with E-state index in [4.69, 9.17) is 0 Å². The van der Waals surface area contributed by atoms with Crippen molar-refractivity contribution in [1.29, 1.82) is 0 Å². The van der Waals surface area contributed by atoms with Crippen LogP contribution in [0, 0.1) is 6.92 Å². The molecule has 1 heteroatoms. The lowest BCUT2D eigenvalue weighted by molar-refractivity contribution is 0.660. The van der Waals surface area contributed by atoms with Crippen LogP contribution in [0.4, 0.5) is 17.1 Å². The topological polar surface area (TPSA) is 3.24 Å². The summed E-state index contributed by atoms with van der Waals surface area (Å²) < 4.78 is 0. The second-order valence-electron chi connectivity index (χ2n) is 14.2. The van der Waals surface area contributed by atoms with Crippen molar-refractivity contribution in [3.8, 4) is 44.5 Å². The van der Waals surface area contributed by atoms with Gasteiger partial charge in [-0.3, -0.25) is 0 Å². The van der Waals surface area contributed by atoms with Crippen molar-refractivity contribution >= 4 is 27.8 Å². The minimum atomic E-state index is -0.116. The normalized spacial score (nSPS) is 12.8. The molecule has 1 nitrogen and oxygen atoms in total. The fourth-order valence-electron chi connectivity index (χ4n) is 8.21. The molecule has 0 atom stereocenters. The lowest BCUT2D eigenvalue weighted by Crippen LogP contribution is -2.17. The number of rotatable bonds is 6. The molecule has 0 saturated heterocycles. The second kappa shape index (κ2) is 12.3. The molecule has 1 aliphatic carbocycles. The van der Waals surface area contributed by atoms with Crippen LogP contribution in [-0.4, -0.2) is 0 Å². The molecular weight excluding hydrogens is 615 g/mol. The van der Waals surface area contributed by atoms with Gasteiger partial charge in [0.05, 0.1) is 5.69 Å². The van der Waals surface area contributed by atoms with E-state index in [1.807, 2.05) is 0 Å². The largest absolute Gasteiger partial charge is 0.310 e. The highest BCUT2D eigenvalue weighted by molar-refractivity contribution is 6.03. The van der Waals surface area contributed by atoms with E-state index in [9.17, 15) is 0 Å². The van der Waals surface area contributed by atoms with Crippen LogP contribution in [0.25, 0.3) is 55.3 Å². The van der Waals surface area contributed by atoms with Gasteiger partial charge in [-0.05, 0) is 110 Å². The molecule has 1 aliphatic rings. The molecule has 0 N–H and O–H groups in total. The van der Waals surface area contributed by atoms with Crippen molar-refractivity contribution in [3.63, 3.8) is 0 Å². The molecule has 0 amide bonds. The fourth-order valence-corrected chi connectivity index (χ4v) is 8.21. The summed E-state index contributed by atoms with van der Waals surface area (Å²) >= 11 is 0. The third kappa shape index (κ3) is 5.25. The van der Waals surface area contributed by atoms with Crippen LogP contribution in [0.15, 0.2) is 182 Å². The summed E-state index contributed by atoms with van der Waals surface area (Å²) in [4.78, 5) is 2.50. The summed E-state index contributed by atoms with van der Waals surface area (Å²) in [5.74, 6) is 0. The Morgan fingerprint density at radius 1 is 0.392 bits per heavy atom. The van der Waals surface area contributed by atoms with E-state index in [2.05, 4.69) is 208 Å². The standard InChI is InChI=1S/C50H39N/c1-34-31-39(36-17-8-5-9-18-36)32-46(43-23-14-20-38-19-10-11-21-42(38)43)49(34)51(40-27-25-37(26-28-40)35-15-6-4-7-16-35)41-29-30-45-44-22-12-13-24-47(44)50(2,3)48(45)33-41/h4-33H,1-3H3. The molecule has 9 rings (SSSR count). The summed E-state index contributed by atoms with van der Waals surface area (Å²) in [5, 5.41) is 2.48. The van der Waals surface area contributed by atoms with Crippen LogP contribution in [0.3, 0.4) is 0 Å². The van der Waals surface area contributed by atoms with Crippen LogP contribution < -0.4 is 4.90 Å². The molecule has 51 heavy (non-hydrogen) atoms. The van der Waals surface area contributed by atoms with Gasteiger partial charge in [-0.1, -0.05) is 159 Å². The number of nitrogens with zero attached hydrogens (tertiary/aromatic N) is 1. The maximum atomic E-state index is 2.50. The van der Waals surface area contributed by atoms with E-state index in [0.29, 0.717) is 0 Å². The summed E-state index contributed by atoms with van der Waals surface area (Å²) in [6.07, 6.45) is 0. The van der Waals surface area contributed by atoms with Crippen molar-refractivity contribution in [2.24, 2.45) is 0 Å². The van der Waals surface area contributed by atoms with E-state index < -0.39 is 0 Å². The number of fused-ring (bicyclic) bond motifs is 4. The van der Waals surface area contributed by atoms with Crippen molar-refractivity contribution in [1.82, 2.24) is 0 Å². The van der Waals surface area contributed by atoms with E-state index in [1.165, 1.54) is 77.7 Å². The number of hydrogen-bond donors (Lipinski definition) is 0. The Morgan fingerprint density at radius 2 is 0.961 bits per heavy atom. The Balaban J connectivity index is 1.32. The van der Waals surface area contributed by atoms with Gasteiger partial charge in [-0.2, -0.15) is 0 Å². The monoisotopic (exact) mass is 653 g/mol. The average Bonchev–Trinajstić information content (AvgIpc) is 3.41. The first-order valence-corrected chi connectivity index (χ1v) is 17.9.